The van der Waals surface area contributed by atoms with Gasteiger partial charge in [0.05, 0.1) is 20.7 Å². The first-order chi connectivity index (χ1) is 12.5. The van der Waals surface area contributed by atoms with Gasteiger partial charge in [-0.25, -0.2) is 12.4 Å². The average Bonchev–Trinajstić information content (AvgIpc) is 2.99. The molecule has 0 amide bonds. The maximum Gasteiger partial charge on any atom is 0.273 e. The minimum atomic E-state index is -3.59. The van der Waals surface area contributed by atoms with Crippen LogP contribution >= 0.6 is 11.5 Å². The van der Waals surface area contributed by atoms with Gasteiger partial charge in [-0.05, 0) is 43.2 Å². The summed E-state index contributed by atoms with van der Waals surface area (Å²) in [4.78, 5) is 12.8. The van der Waals surface area contributed by atoms with E-state index in [1.165, 1.54) is 19.8 Å². The summed E-state index contributed by atoms with van der Waals surface area (Å²) in [6.45, 7) is 0.854. The van der Waals surface area contributed by atoms with Crippen LogP contribution in [0.15, 0.2) is 58.2 Å². The zero-order valence-electron chi connectivity index (χ0n) is 14.0. The van der Waals surface area contributed by atoms with Crippen molar-refractivity contribution < 1.29 is 8.42 Å². The molecule has 0 radical (unpaired) electrons. The summed E-state index contributed by atoms with van der Waals surface area (Å²) in [5, 5.41) is 0.635. The van der Waals surface area contributed by atoms with Crippen molar-refractivity contribution in [2.45, 2.75) is 23.8 Å². The van der Waals surface area contributed by atoms with E-state index in [-0.39, 0.29) is 16.5 Å². The maximum absolute atomic E-state index is 12.9. The Morgan fingerprint density at radius 1 is 1.04 bits per heavy atom. The molecule has 4 rings (SSSR count). The van der Waals surface area contributed by atoms with E-state index in [1.54, 1.807) is 30.3 Å². The largest absolute Gasteiger partial charge is 0.328 e. The van der Waals surface area contributed by atoms with Crippen molar-refractivity contribution in [1.29, 1.82) is 0 Å². The molecule has 0 atom stereocenters. The van der Waals surface area contributed by atoms with Crippen LogP contribution in [0.1, 0.15) is 12.8 Å². The first-order valence-electron chi connectivity index (χ1n) is 8.44. The van der Waals surface area contributed by atoms with Crippen LogP contribution in [-0.2, 0) is 10.0 Å². The van der Waals surface area contributed by atoms with Crippen LogP contribution in [-0.4, -0.2) is 35.8 Å². The van der Waals surface area contributed by atoms with Gasteiger partial charge in [0.1, 0.15) is 0 Å². The second kappa shape index (κ2) is 6.62. The van der Waals surface area contributed by atoms with E-state index in [0.29, 0.717) is 37.0 Å². The number of nitrogens with zero attached hydrogens (tertiary/aromatic N) is 2. The van der Waals surface area contributed by atoms with Crippen molar-refractivity contribution in [3.63, 3.8) is 0 Å². The topological polar surface area (TPSA) is 85.4 Å². The van der Waals surface area contributed by atoms with Gasteiger partial charge in [-0.15, -0.1) is 0 Å². The Balaban J connectivity index is 1.75. The number of fused-ring (bicyclic) bond motifs is 1. The average molecular weight is 390 g/mol. The lowest BCUT2D eigenvalue weighted by Gasteiger charge is -2.29. The number of nitrogens with two attached hydrogens (primary N) is 1. The monoisotopic (exact) mass is 389 g/mol. The standard InChI is InChI=1S/C18H19N3O3S2/c19-13-8-10-20(11-9-13)26(23,24)15-5-3-4-14(12-15)21-18(22)16-6-1-2-7-17(16)25-21/h1-7,12-13H,8-11,19H2. The molecule has 0 bridgehead atoms. The molecule has 1 aromatic heterocycles. The van der Waals surface area contributed by atoms with Gasteiger partial charge in [-0.2, -0.15) is 4.31 Å². The summed E-state index contributed by atoms with van der Waals surface area (Å²) in [6, 6.07) is 14.0. The zero-order valence-corrected chi connectivity index (χ0v) is 15.7. The normalized spacial score (nSPS) is 17.0. The van der Waals surface area contributed by atoms with Gasteiger partial charge in [0.15, 0.2) is 0 Å². The fraction of sp³-hybridized carbons (Fsp3) is 0.278. The van der Waals surface area contributed by atoms with E-state index in [0.717, 1.165) is 4.70 Å². The molecule has 0 spiro atoms. The van der Waals surface area contributed by atoms with E-state index >= 15 is 0 Å². The van der Waals surface area contributed by atoms with Crippen LogP contribution in [0.2, 0.25) is 0 Å². The van der Waals surface area contributed by atoms with E-state index < -0.39 is 10.0 Å². The van der Waals surface area contributed by atoms with E-state index in [9.17, 15) is 13.2 Å². The highest BCUT2D eigenvalue weighted by molar-refractivity contribution is 7.89. The highest BCUT2D eigenvalue weighted by Gasteiger charge is 2.28. The fourth-order valence-electron chi connectivity index (χ4n) is 3.18. The Morgan fingerprint density at radius 2 is 1.77 bits per heavy atom. The van der Waals surface area contributed by atoms with Gasteiger partial charge in [-0.1, -0.05) is 29.7 Å². The molecule has 0 aliphatic carbocycles. The highest BCUT2D eigenvalue weighted by Crippen LogP contribution is 2.24. The summed E-state index contributed by atoms with van der Waals surface area (Å²) in [5.74, 6) is 0. The molecule has 1 fully saturated rings. The Bertz CT molecular complexity index is 1110. The molecule has 2 N–H and O–H groups in total. The van der Waals surface area contributed by atoms with E-state index in [4.69, 9.17) is 5.73 Å². The van der Waals surface area contributed by atoms with Gasteiger partial charge in [0, 0.05) is 19.1 Å². The van der Waals surface area contributed by atoms with Gasteiger partial charge >= 0.3 is 0 Å². The molecule has 2 heterocycles. The number of piperidine rings is 1. The third kappa shape index (κ3) is 2.99. The van der Waals surface area contributed by atoms with Gasteiger partial charge in [0.25, 0.3) is 5.56 Å². The SMILES string of the molecule is NC1CCN(S(=O)(=O)c2cccc(-n3sc4ccccc4c3=O)c2)CC1. The molecule has 2 aromatic carbocycles. The number of hydrogen-bond donors (Lipinski definition) is 1. The molecule has 1 aliphatic heterocycles. The van der Waals surface area contributed by atoms with Gasteiger partial charge in [0.2, 0.25) is 10.0 Å². The Kier molecular flexibility index (Phi) is 4.44. The van der Waals surface area contributed by atoms with E-state index in [2.05, 4.69) is 0 Å². The van der Waals surface area contributed by atoms with E-state index in [1.807, 2.05) is 18.2 Å². The van der Waals surface area contributed by atoms with Crippen LogP contribution < -0.4 is 11.3 Å². The predicted octanol–water partition coefficient (Wildman–Crippen LogP) is 2.16. The smallest absolute Gasteiger partial charge is 0.273 e. The highest BCUT2D eigenvalue weighted by atomic mass is 32.2. The lowest BCUT2D eigenvalue weighted by molar-refractivity contribution is 0.320. The van der Waals surface area contributed by atoms with Crippen molar-refractivity contribution in [2.75, 3.05) is 13.1 Å². The van der Waals surface area contributed by atoms with Crippen molar-refractivity contribution >= 4 is 31.6 Å². The molecular formula is C18H19N3O3S2. The van der Waals surface area contributed by atoms with Crippen molar-refractivity contribution in [3.8, 4) is 5.69 Å². The maximum atomic E-state index is 12.9. The lowest BCUT2D eigenvalue weighted by atomic mass is 10.1. The van der Waals surface area contributed by atoms with Crippen LogP contribution in [0, 0.1) is 0 Å². The Morgan fingerprint density at radius 3 is 2.50 bits per heavy atom. The predicted molar refractivity (Wildman–Crippen MR) is 103 cm³/mol. The number of hydrogen-bond acceptors (Lipinski definition) is 5. The van der Waals surface area contributed by atoms with Gasteiger partial charge < -0.3 is 5.73 Å². The second-order valence-corrected chi connectivity index (χ2v) is 9.35. The molecule has 1 saturated heterocycles. The summed E-state index contributed by atoms with van der Waals surface area (Å²) >= 11 is 1.31. The minimum absolute atomic E-state index is 0.0601. The van der Waals surface area contributed by atoms with Crippen molar-refractivity contribution in [1.82, 2.24) is 8.26 Å². The molecule has 26 heavy (non-hydrogen) atoms. The van der Waals surface area contributed by atoms with Crippen LogP contribution in [0.25, 0.3) is 15.8 Å². The molecule has 3 aromatic rings. The molecule has 0 unspecified atom stereocenters. The van der Waals surface area contributed by atoms with Crippen LogP contribution in [0.3, 0.4) is 0 Å². The summed E-state index contributed by atoms with van der Waals surface area (Å²) < 4.78 is 29.8. The molecule has 136 valence electrons. The first-order valence-corrected chi connectivity index (χ1v) is 10.7. The zero-order chi connectivity index (χ0) is 18.3. The molecule has 1 aliphatic rings. The third-order valence-corrected chi connectivity index (χ3v) is 7.69. The van der Waals surface area contributed by atoms with Crippen molar-refractivity contribution in [3.05, 3.63) is 58.9 Å². The van der Waals surface area contributed by atoms with Gasteiger partial charge in [-0.3, -0.25) is 4.79 Å². The third-order valence-electron chi connectivity index (χ3n) is 4.68. The Labute approximate surface area is 155 Å². The van der Waals surface area contributed by atoms with Crippen LogP contribution in [0.4, 0.5) is 0 Å². The molecule has 0 saturated carbocycles. The molecule has 6 nitrogen and oxygen atoms in total. The number of rotatable bonds is 3. The lowest BCUT2D eigenvalue weighted by Crippen LogP contribution is -2.42. The van der Waals surface area contributed by atoms with Crippen LogP contribution in [0.5, 0.6) is 0 Å². The summed E-state index contributed by atoms with van der Waals surface area (Å²) in [7, 11) is -3.59. The van der Waals surface area contributed by atoms with Crippen molar-refractivity contribution in [2.24, 2.45) is 5.73 Å². The first kappa shape index (κ1) is 17.4. The second-order valence-electron chi connectivity index (χ2n) is 6.43. The number of benzene rings is 2. The molecule has 8 heteroatoms. The quantitative estimate of drug-likeness (QED) is 0.744. The minimum Gasteiger partial charge on any atom is -0.328 e. The Hall–Kier alpha value is -2.00. The number of sulfonamides is 1. The summed E-state index contributed by atoms with van der Waals surface area (Å²) in [5.41, 5.74) is 6.30. The number of aromatic nitrogens is 1. The fourth-order valence-corrected chi connectivity index (χ4v) is 5.68. The summed E-state index contributed by atoms with van der Waals surface area (Å²) in [6.07, 6.45) is 1.32. The molecular weight excluding hydrogens is 370 g/mol.